The Morgan fingerprint density at radius 1 is 1.19 bits per heavy atom. The molecule has 4 rings (SSSR count). The molecule has 31 heavy (non-hydrogen) atoms. The minimum atomic E-state index is -0.0414. The van der Waals surface area contributed by atoms with Crippen molar-refractivity contribution in [2.24, 2.45) is 0 Å². The van der Waals surface area contributed by atoms with Gasteiger partial charge in [-0.25, -0.2) is 4.98 Å². The number of anilines is 2. The minimum Gasteiger partial charge on any atom is -0.497 e. The van der Waals surface area contributed by atoms with E-state index in [1.165, 1.54) is 11.8 Å². The summed E-state index contributed by atoms with van der Waals surface area (Å²) in [5.41, 5.74) is 3.89. The standard InChI is InChI=1S/C24H27N3O3S/c1-3-17-14-18-8-9-19(29-2)15-21(18)26-24(17)31-16-23(28)25-20-6-4-5-7-22(20)27-10-12-30-13-11-27/h4-9,14-15H,3,10-13,16H2,1-2H3,(H,25,28). The predicted molar refractivity (Wildman–Crippen MR) is 127 cm³/mol. The van der Waals surface area contributed by atoms with Gasteiger partial charge in [-0.05, 0) is 42.3 Å². The highest BCUT2D eigenvalue weighted by Gasteiger charge is 2.16. The average molecular weight is 438 g/mol. The van der Waals surface area contributed by atoms with E-state index in [1.807, 2.05) is 42.5 Å². The van der Waals surface area contributed by atoms with Gasteiger partial charge >= 0.3 is 0 Å². The molecule has 0 unspecified atom stereocenters. The molecule has 1 fully saturated rings. The molecule has 0 saturated carbocycles. The van der Waals surface area contributed by atoms with Gasteiger partial charge in [0.2, 0.25) is 5.91 Å². The summed E-state index contributed by atoms with van der Waals surface area (Å²) in [6.45, 7) is 5.17. The molecular weight excluding hydrogens is 410 g/mol. The van der Waals surface area contributed by atoms with Gasteiger partial charge in [-0.1, -0.05) is 30.8 Å². The molecule has 7 heteroatoms. The van der Waals surface area contributed by atoms with E-state index >= 15 is 0 Å². The Morgan fingerprint density at radius 3 is 2.77 bits per heavy atom. The van der Waals surface area contributed by atoms with E-state index in [0.29, 0.717) is 19.0 Å². The SMILES string of the molecule is CCc1cc2ccc(OC)cc2nc1SCC(=O)Nc1ccccc1N1CCOCC1. The Morgan fingerprint density at radius 2 is 2.00 bits per heavy atom. The maximum Gasteiger partial charge on any atom is 0.234 e. The van der Waals surface area contributed by atoms with Crippen LogP contribution in [-0.2, 0) is 16.0 Å². The number of hydrogen-bond acceptors (Lipinski definition) is 6. The van der Waals surface area contributed by atoms with Crippen LogP contribution in [0.2, 0.25) is 0 Å². The summed E-state index contributed by atoms with van der Waals surface area (Å²) < 4.78 is 10.8. The number of carbonyl (C=O) groups is 1. The number of benzene rings is 2. The maximum atomic E-state index is 12.8. The molecule has 0 spiro atoms. The van der Waals surface area contributed by atoms with Crippen molar-refractivity contribution in [3.63, 3.8) is 0 Å². The Hall–Kier alpha value is -2.77. The lowest BCUT2D eigenvalue weighted by atomic mass is 10.1. The Kier molecular flexibility index (Phi) is 6.94. The first-order valence-corrected chi connectivity index (χ1v) is 11.5. The van der Waals surface area contributed by atoms with E-state index < -0.39 is 0 Å². The number of aromatic nitrogens is 1. The Balaban J connectivity index is 1.47. The minimum absolute atomic E-state index is 0.0414. The number of carbonyl (C=O) groups excluding carboxylic acids is 1. The third kappa shape index (κ3) is 5.11. The van der Waals surface area contributed by atoms with Crippen LogP contribution in [0.15, 0.2) is 53.6 Å². The monoisotopic (exact) mass is 437 g/mol. The van der Waals surface area contributed by atoms with Crippen LogP contribution in [0.25, 0.3) is 10.9 Å². The van der Waals surface area contributed by atoms with Crippen LogP contribution >= 0.6 is 11.8 Å². The van der Waals surface area contributed by atoms with Gasteiger partial charge in [0.1, 0.15) is 10.8 Å². The largest absolute Gasteiger partial charge is 0.497 e. The summed E-state index contributed by atoms with van der Waals surface area (Å²) in [4.78, 5) is 19.8. The summed E-state index contributed by atoms with van der Waals surface area (Å²) in [6.07, 6.45) is 0.860. The number of ether oxygens (including phenoxy) is 2. The molecule has 1 aliphatic heterocycles. The van der Waals surface area contributed by atoms with Crippen molar-refractivity contribution in [3.8, 4) is 5.75 Å². The van der Waals surface area contributed by atoms with Gasteiger partial charge in [0.05, 0.1) is 43.0 Å². The fraction of sp³-hybridized carbons (Fsp3) is 0.333. The number of aryl methyl sites for hydroxylation is 1. The number of morpholine rings is 1. The van der Waals surface area contributed by atoms with E-state index in [0.717, 1.165) is 58.1 Å². The van der Waals surface area contributed by atoms with E-state index in [-0.39, 0.29) is 5.91 Å². The van der Waals surface area contributed by atoms with Crippen LogP contribution in [0.1, 0.15) is 12.5 Å². The van der Waals surface area contributed by atoms with Crippen molar-refractivity contribution in [3.05, 3.63) is 54.1 Å². The molecule has 6 nitrogen and oxygen atoms in total. The molecule has 1 aliphatic rings. The number of nitrogens with zero attached hydrogens (tertiary/aromatic N) is 2. The molecule has 1 aromatic heterocycles. The van der Waals surface area contributed by atoms with Gasteiger partial charge in [-0.15, -0.1) is 0 Å². The zero-order valence-electron chi connectivity index (χ0n) is 17.9. The molecule has 3 aromatic rings. The maximum absolute atomic E-state index is 12.8. The van der Waals surface area contributed by atoms with Crippen molar-refractivity contribution in [2.75, 3.05) is 49.4 Å². The van der Waals surface area contributed by atoms with Gasteiger partial charge < -0.3 is 19.7 Å². The molecule has 0 radical (unpaired) electrons. The smallest absolute Gasteiger partial charge is 0.234 e. The van der Waals surface area contributed by atoms with Crippen LogP contribution in [0.5, 0.6) is 5.75 Å². The van der Waals surface area contributed by atoms with Crippen LogP contribution in [0, 0.1) is 0 Å². The summed E-state index contributed by atoms with van der Waals surface area (Å²) in [5.74, 6) is 1.03. The van der Waals surface area contributed by atoms with Gasteiger partial charge in [-0.3, -0.25) is 4.79 Å². The normalized spacial score (nSPS) is 13.9. The zero-order valence-corrected chi connectivity index (χ0v) is 18.7. The summed E-state index contributed by atoms with van der Waals surface area (Å²) in [7, 11) is 1.65. The van der Waals surface area contributed by atoms with Gasteiger partial charge in [-0.2, -0.15) is 0 Å². The highest BCUT2D eigenvalue weighted by Crippen LogP contribution is 2.29. The van der Waals surface area contributed by atoms with Crippen LogP contribution in [0.4, 0.5) is 11.4 Å². The Labute approximate surface area is 186 Å². The molecule has 2 heterocycles. The third-order valence-electron chi connectivity index (χ3n) is 5.31. The van der Waals surface area contributed by atoms with Crippen molar-refractivity contribution < 1.29 is 14.3 Å². The van der Waals surface area contributed by atoms with Gasteiger partial charge in [0.15, 0.2) is 0 Å². The first-order valence-electron chi connectivity index (χ1n) is 10.5. The van der Waals surface area contributed by atoms with Crippen LogP contribution < -0.4 is 15.0 Å². The predicted octanol–water partition coefficient (Wildman–Crippen LogP) is 4.37. The first kappa shape index (κ1) is 21.5. The number of hydrogen-bond donors (Lipinski definition) is 1. The van der Waals surface area contributed by atoms with Gasteiger partial charge in [0, 0.05) is 24.5 Å². The average Bonchev–Trinajstić information content (AvgIpc) is 2.82. The van der Waals surface area contributed by atoms with Crippen LogP contribution in [0.3, 0.4) is 0 Å². The molecule has 162 valence electrons. The summed E-state index contributed by atoms with van der Waals surface area (Å²) in [6, 6.07) is 16.0. The molecule has 2 aromatic carbocycles. The Bertz CT molecular complexity index is 1070. The molecule has 1 amide bonds. The second-order valence-corrected chi connectivity index (χ2v) is 8.28. The highest BCUT2D eigenvalue weighted by atomic mass is 32.2. The molecule has 1 saturated heterocycles. The fourth-order valence-corrected chi connectivity index (χ4v) is 4.55. The fourth-order valence-electron chi connectivity index (χ4n) is 3.66. The van der Waals surface area contributed by atoms with E-state index in [4.69, 9.17) is 14.5 Å². The van der Waals surface area contributed by atoms with Crippen molar-refractivity contribution in [1.29, 1.82) is 0 Å². The van der Waals surface area contributed by atoms with Crippen LogP contribution in [-0.4, -0.2) is 50.1 Å². The molecule has 1 N–H and O–H groups in total. The summed E-state index contributed by atoms with van der Waals surface area (Å²) in [5, 5.41) is 5.04. The molecule has 0 atom stereocenters. The second-order valence-electron chi connectivity index (χ2n) is 7.32. The van der Waals surface area contributed by atoms with Crippen molar-refractivity contribution in [2.45, 2.75) is 18.4 Å². The molecular formula is C24H27N3O3S. The van der Waals surface area contributed by atoms with Crippen molar-refractivity contribution >= 4 is 39.9 Å². The number of fused-ring (bicyclic) bond motifs is 1. The second kappa shape index (κ2) is 10.0. The quantitative estimate of drug-likeness (QED) is 0.554. The number of thioether (sulfide) groups is 1. The zero-order chi connectivity index (χ0) is 21.6. The molecule has 0 bridgehead atoms. The number of nitrogens with one attached hydrogen (secondary N) is 1. The summed E-state index contributed by atoms with van der Waals surface area (Å²) >= 11 is 1.47. The number of amides is 1. The number of para-hydroxylation sites is 2. The lowest BCUT2D eigenvalue weighted by Gasteiger charge is -2.30. The van der Waals surface area contributed by atoms with E-state index in [9.17, 15) is 4.79 Å². The lowest BCUT2D eigenvalue weighted by Crippen LogP contribution is -2.36. The first-order chi connectivity index (χ1) is 15.2. The topological polar surface area (TPSA) is 63.7 Å². The number of rotatable bonds is 7. The molecule has 0 aliphatic carbocycles. The number of methoxy groups -OCH3 is 1. The van der Waals surface area contributed by atoms with Gasteiger partial charge in [0.25, 0.3) is 0 Å². The lowest BCUT2D eigenvalue weighted by molar-refractivity contribution is -0.113. The van der Waals surface area contributed by atoms with E-state index in [1.54, 1.807) is 7.11 Å². The number of pyridine rings is 1. The van der Waals surface area contributed by atoms with E-state index in [2.05, 4.69) is 23.2 Å². The highest BCUT2D eigenvalue weighted by molar-refractivity contribution is 8.00. The van der Waals surface area contributed by atoms with Crippen molar-refractivity contribution in [1.82, 2.24) is 4.98 Å². The third-order valence-corrected chi connectivity index (χ3v) is 6.35.